The number of amides is 1. The Bertz CT molecular complexity index is 113. The lowest BCUT2D eigenvalue weighted by molar-refractivity contribution is -0.134. The fourth-order valence-corrected chi connectivity index (χ4v) is 0.199. The fourth-order valence-electron chi connectivity index (χ4n) is 0.153. The average Bonchev–Trinajstić information content (AvgIpc) is 1.65. The van der Waals surface area contributed by atoms with Crippen molar-refractivity contribution in [2.75, 3.05) is 0 Å². The van der Waals surface area contributed by atoms with E-state index in [4.69, 9.17) is 0 Å². The monoisotopic (exact) mass is 135 g/mol. The molecule has 0 fully saturated rings. The second kappa shape index (κ2) is 3.31. The van der Waals surface area contributed by atoms with Gasteiger partial charge in [0.2, 0.25) is 0 Å². The highest BCUT2D eigenvalue weighted by molar-refractivity contribution is 7.78. The van der Waals surface area contributed by atoms with Gasteiger partial charge in [0, 0.05) is 6.92 Å². The SMILES string of the molecule is CC(=O)OC(=O)NS. The lowest BCUT2D eigenvalue weighted by Gasteiger charge is -1.93. The molecule has 0 aromatic heterocycles. The summed E-state index contributed by atoms with van der Waals surface area (Å²) < 4.78 is 5.74. The Morgan fingerprint density at radius 3 is 2.25 bits per heavy atom. The number of hydrogen-bond acceptors (Lipinski definition) is 4. The van der Waals surface area contributed by atoms with E-state index in [0.717, 1.165) is 6.92 Å². The number of thiol groups is 1. The molecule has 0 heterocycles. The Morgan fingerprint density at radius 1 is 1.62 bits per heavy atom. The summed E-state index contributed by atoms with van der Waals surface area (Å²) in [6.45, 7) is 1.13. The first kappa shape index (κ1) is 7.29. The summed E-state index contributed by atoms with van der Waals surface area (Å²) in [4.78, 5) is 19.9. The first-order valence-electron chi connectivity index (χ1n) is 1.79. The van der Waals surface area contributed by atoms with Crippen LogP contribution in [0, 0.1) is 0 Å². The van der Waals surface area contributed by atoms with Crippen LogP contribution in [0.25, 0.3) is 0 Å². The summed E-state index contributed by atoms with van der Waals surface area (Å²) in [5.41, 5.74) is 0. The smallest absolute Gasteiger partial charge is 0.376 e. The van der Waals surface area contributed by atoms with Gasteiger partial charge >= 0.3 is 12.1 Å². The number of hydrogen-bond donors (Lipinski definition) is 2. The lowest BCUT2D eigenvalue weighted by Crippen LogP contribution is -2.16. The van der Waals surface area contributed by atoms with Crippen molar-refractivity contribution in [3.63, 3.8) is 0 Å². The van der Waals surface area contributed by atoms with Crippen LogP contribution in [0.15, 0.2) is 0 Å². The molecule has 0 saturated carbocycles. The maximum Gasteiger partial charge on any atom is 0.424 e. The first-order chi connectivity index (χ1) is 3.66. The minimum atomic E-state index is -0.860. The minimum Gasteiger partial charge on any atom is -0.376 e. The molecular formula is C3H5NO3S. The number of nitrogens with one attached hydrogen (secondary N) is 1. The number of rotatable bonds is 0. The Hall–Kier alpha value is -0.710. The molecule has 0 spiro atoms. The second-order valence-corrected chi connectivity index (χ2v) is 1.22. The van der Waals surface area contributed by atoms with Crippen LogP contribution in [0.3, 0.4) is 0 Å². The Kier molecular flexibility index (Phi) is 3.02. The fraction of sp³-hybridized carbons (Fsp3) is 0.333. The van der Waals surface area contributed by atoms with E-state index in [9.17, 15) is 9.59 Å². The molecular weight excluding hydrogens is 130 g/mol. The Morgan fingerprint density at radius 2 is 2.12 bits per heavy atom. The van der Waals surface area contributed by atoms with E-state index in [1.807, 2.05) is 4.72 Å². The maximum atomic E-state index is 9.99. The van der Waals surface area contributed by atoms with Gasteiger partial charge in [-0.2, -0.15) is 0 Å². The van der Waals surface area contributed by atoms with Crippen LogP contribution in [0.2, 0.25) is 0 Å². The van der Waals surface area contributed by atoms with Gasteiger partial charge in [-0.15, -0.1) is 0 Å². The molecule has 0 aromatic rings. The molecule has 46 valence electrons. The molecule has 0 rings (SSSR count). The molecule has 0 radical (unpaired) electrons. The standard InChI is InChI=1S/C3H5NO3S/c1-2(5)7-3(6)4-8/h8H,1H3,(H,4,6). The zero-order valence-corrected chi connectivity index (χ0v) is 5.07. The van der Waals surface area contributed by atoms with Crippen molar-refractivity contribution in [3.8, 4) is 0 Å². The quantitative estimate of drug-likeness (QED) is 0.281. The summed E-state index contributed by atoms with van der Waals surface area (Å²) in [6, 6.07) is 0. The van der Waals surface area contributed by atoms with Crippen LogP contribution in [-0.4, -0.2) is 12.1 Å². The van der Waals surface area contributed by atoms with Gasteiger partial charge in [-0.1, -0.05) is 12.8 Å². The zero-order chi connectivity index (χ0) is 6.57. The molecule has 4 nitrogen and oxygen atoms in total. The largest absolute Gasteiger partial charge is 0.424 e. The molecule has 1 amide bonds. The van der Waals surface area contributed by atoms with E-state index in [-0.39, 0.29) is 0 Å². The van der Waals surface area contributed by atoms with Crippen LogP contribution in [0.1, 0.15) is 6.92 Å². The van der Waals surface area contributed by atoms with E-state index in [1.54, 1.807) is 0 Å². The molecule has 1 N–H and O–H groups in total. The Labute approximate surface area is 51.7 Å². The topological polar surface area (TPSA) is 55.4 Å². The van der Waals surface area contributed by atoms with Crippen molar-refractivity contribution in [3.05, 3.63) is 0 Å². The second-order valence-electron chi connectivity index (χ2n) is 0.993. The van der Waals surface area contributed by atoms with Crippen LogP contribution < -0.4 is 4.72 Å². The normalized spacial score (nSPS) is 7.75. The molecule has 0 aliphatic heterocycles. The van der Waals surface area contributed by atoms with Crippen LogP contribution in [0.5, 0.6) is 0 Å². The van der Waals surface area contributed by atoms with Crippen molar-refractivity contribution >= 4 is 24.9 Å². The Balaban J connectivity index is 3.40. The van der Waals surface area contributed by atoms with Gasteiger partial charge < -0.3 is 4.74 Å². The molecule has 0 aromatic carbocycles. The van der Waals surface area contributed by atoms with Crippen LogP contribution in [0.4, 0.5) is 4.79 Å². The van der Waals surface area contributed by atoms with Gasteiger partial charge in [-0.25, -0.2) is 4.79 Å². The van der Waals surface area contributed by atoms with E-state index in [2.05, 4.69) is 17.6 Å². The highest BCUT2D eigenvalue weighted by Gasteiger charge is 1.99. The van der Waals surface area contributed by atoms with Gasteiger partial charge in [0.1, 0.15) is 0 Å². The summed E-state index contributed by atoms with van der Waals surface area (Å²) in [5, 5.41) is 0. The highest BCUT2D eigenvalue weighted by atomic mass is 32.1. The molecule has 0 unspecified atom stereocenters. The van der Waals surface area contributed by atoms with Crippen LogP contribution >= 0.6 is 12.8 Å². The number of carbonyl (C=O) groups is 2. The molecule has 0 bridgehead atoms. The molecule has 8 heavy (non-hydrogen) atoms. The predicted octanol–water partition coefficient (Wildman–Crippen LogP) is 0.104. The molecule has 0 atom stereocenters. The van der Waals surface area contributed by atoms with Gasteiger partial charge in [-0.05, 0) is 0 Å². The number of esters is 1. The molecule has 0 aliphatic carbocycles. The first-order valence-corrected chi connectivity index (χ1v) is 2.24. The van der Waals surface area contributed by atoms with Crippen molar-refractivity contribution in [2.45, 2.75) is 6.92 Å². The third-order valence-corrected chi connectivity index (χ3v) is 0.510. The summed E-state index contributed by atoms with van der Waals surface area (Å²) in [5.74, 6) is -0.656. The number of ether oxygens (including phenoxy) is 1. The van der Waals surface area contributed by atoms with Crippen molar-refractivity contribution < 1.29 is 14.3 Å². The van der Waals surface area contributed by atoms with E-state index in [0.29, 0.717) is 0 Å². The van der Waals surface area contributed by atoms with Crippen molar-refractivity contribution in [2.24, 2.45) is 0 Å². The van der Waals surface area contributed by atoms with Crippen molar-refractivity contribution in [1.82, 2.24) is 4.72 Å². The molecule has 0 aliphatic rings. The summed E-state index contributed by atoms with van der Waals surface area (Å²) >= 11 is 3.31. The van der Waals surface area contributed by atoms with Gasteiger partial charge in [0.05, 0.1) is 0 Å². The molecule has 0 saturated heterocycles. The van der Waals surface area contributed by atoms with E-state index >= 15 is 0 Å². The zero-order valence-electron chi connectivity index (χ0n) is 4.17. The van der Waals surface area contributed by atoms with Gasteiger partial charge in [-0.3, -0.25) is 9.52 Å². The van der Waals surface area contributed by atoms with Crippen LogP contribution in [-0.2, 0) is 9.53 Å². The average molecular weight is 135 g/mol. The predicted molar refractivity (Wildman–Crippen MR) is 29.3 cm³/mol. The van der Waals surface area contributed by atoms with Gasteiger partial charge in [0.15, 0.2) is 0 Å². The summed E-state index contributed by atoms with van der Waals surface area (Å²) in [6.07, 6.45) is -0.860. The minimum absolute atomic E-state index is 0.656. The maximum absolute atomic E-state index is 9.99. The third kappa shape index (κ3) is 3.48. The molecule has 5 heteroatoms. The third-order valence-electron chi connectivity index (χ3n) is 0.328. The number of carbonyl (C=O) groups excluding carboxylic acids is 2. The summed E-state index contributed by atoms with van der Waals surface area (Å²) in [7, 11) is 0. The van der Waals surface area contributed by atoms with E-state index in [1.165, 1.54) is 0 Å². The lowest BCUT2D eigenvalue weighted by atomic mass is 10.8. The highest BCUT2D eigenvalue weighted by Crippen LogP contribution is 1.77. The van der Waals surface area contributed by atoms with Gasteiger partial charge in [0.25, 0.3) is 0 Å². The van der Waals surface area contributed by atoms with E-state index < -0.39 is 12.1 Å². The van der Waals surface area contributed by atoms with Crippen molar-refractivity contribution in [1.29, 1.82) is 0 Å².